The lowest BCUT2D eigenvalue weighted by Crippen LogP contribution is -2.24. The first-order chi connectivity index (χ1) is 14.2. The second-order valence-electron chi connectivity index (χ2n) is 8.42. The molecule has 0 spiro atoms. The van der Waals surface area contributed by atoms with Crippen molar-refractivity contribution in [3.63, 3.8) is 0 Å². The summed E-state index contributed by atoms with van der Waals surface area (Å²) in [6.45, 7) is 3.30. The molecule has 4 heteroatoms. The van der Waals surface area contributed by atoms with Crippen LogP contribution in [0.4, 0.5) is 0 Å². The van der Waals surface area contributed by atoms with Crippen LogP contribution < -0.4 is 9.47 Å². The molecule has 1 aliphatic carbocycles. The number of benzene rings is 2. The summed E-state index contributed by atoms with van der Waals surface area (Å²) in [5, 5.41) is 0. The topological polar surface area (TPSA) is 38.8 Å². The van der Waals surface area contributed by atoms with E-state index < -0.39 is 0 Å². The molecular formula is C25H31NO3. The smallest absolute Gasteiger partial charge is 0.166 e. The van der Waals surface area contributed by atoms with Crippen LogP contribution in [0.1, 0.15) is 47.2 Å². The van der Waals surface area contributed by atoms with Crippen LogP contribution in [-0.4, -0.2) is 38.0 Å². The molecule has 1 unspecified atom stereocenters. The molecule has 0 radical (unpaired) electrons. The average molecular weight is 394 g/mol. The highest BCUT2D eigenvalue weighted by atomic mass is 16.5. The van der Waals surface area contributed by atoms with E-state index in [1.54, 1.807) is 14.2 Å². The van der Waals surface area contributed by atoms with Crippen LogP contribution in [0.5, 0.6) is 11.5 Å². The molecule has 1 fully saturated rings. The Balaban J connectivity index is 1.36. The van der Waals surface area contributed by atoms with Crippen molar-refractivity contribution >= 4 is 5.78 Å². The molecule has 1 heterocycles. The summed E-state index contributed by atoms with van der Waals surface area (Å²) < 4.78 is 10.8. The van der Waals surface area contributed by atoms with E-state index in [-0.39, 0.29) is 11.7 Å². The van der Waals surface area contributed by atoms with Crippen molar-refractivity contribution in [2.45, 2.75) is 38.6 Å². The lowest BCUT2D eigenvalue weighted by molar-refractivity contribution is 0.0915. The van der Waals surface area contributed by atoms with Crippen LogP contribution in [0.3, 0.4) is 0 Å². The lowest BCUT2D eigenvalue weighted by Gasteiger charge is -2.21. The van der Waals surface area contributed by atoms with Gasteiger partial charge >= 0.3 is 0 Å². The van der Waals surface area contributed by atoms with Crippen molar-refractivity contribution in [3.05, 3.63) is 59.2 Å². The van der Waals surface area contributed by atoms with Gasteiger partial charge in [-0.3, -0.25) is 9.69 Å². The molecule has 0 bridgehead atoms. The Hall–Kier alpha value is -2.33. The molecule has 0 saturated carbocycles. The molecular weight excluding hydrogens is 362 g/mol. The summed E-state index contributed by atoms with van der Waals surface area (Å²) >= 11 is 0. The van der Waals surface area contributed by atoms with Gasteiger partial charge in [-0.25, -0.2) is 0 Å². The quantitative estimate of drug-likeness (QED) is 0.710. The SMILES string of the molecule is COc1cc2c(cc1OC)C(=O)[C@H](CC1CCCN(Cc3ccccc3)CC1)C2. The third-order valence-corrected chi connectivity index (χ3v) is 6.52. The number of nitrogens with zero attached hydrogens (tertiary/aromatic N) is 1. The number of carbonyl (C=O) groups excluding carboxylic acids is 1. The van der Waals surface area contributed by atoms with Gasteiger partial charge in [0.1, 0.15) is 0 Å². The predicted octanol–water partition coefficient (Wildman–Crippen LogP) is 4.75. The van der Waals surface area contributed by atoms with E-state index in [0.29, 0.717) is 17.4 Å². The van der Waals surface area contributed by atoms with Crippen LogP contribution in [0, 0.1) is 11.8 Å². The van der Waals surface area contributed by atoms with Crippen molar-refractivity contribution in [1.29, 1.82) is 0 Å². The Morgan fingerprint density at radius 2 is 1.76 bits per heavy atom. The Bertz CT molecular complexity index is 849. The molecule has 4 nitrogen and oxygen atoms in total. The zero-order chi connectivity index (χ0) is 20.2. The van der Waals surface area contributed by atoms with Crippen molar-refractivity contribution in [2.24, 2.45) is 11.8 Å². The highest BCUT2D eigenvalue weighted by Gasteiger charge is 2.34. The molecule has 0 N–H and O–H groups in total. The number of ketones is 1. The number of Topliss-reactive ketones (excluding diaryl/α,β-unsaturated/α-hetero) is 1. The van der Waals surface area contributed by atoms with Crippen LogP contribution >= 0.6 is 0 Å². The molecule has 1 saturated heterocycles. The number of carbonyl (C=O) groups is 1. The third-order valence-electron chi connectivity index (χ3n) is 6.52. The lowest BCUT2D eigenvalue weighted by atomic mass is 9.87. The van der Waals surface area contributed by atoms with E-state index in [0.717, 1.165) is 43.6 Å². The number of methoxy groups -OCH3 is 2. The Labute approximate surface area is 173 Å². The zero-order valence-electron chi connectivity index (χ0n) is 17.5. The first-order valence-corrected chi connectivity index (χ1v) is 10.7. The van der Waals surface area contributed by atoms with E-state index in [9.17, 15) is 4.79 Å². The number of ether oxygens (including phenoxy) is 2. The van der Waals surface area contributed by atoms with Crippen molar-refractivity contribution in [1.82, 2.24) is 4.90 Å². The molecule has 2 aromatic carbocycles. The van der Waals surface area contributed by atoms with Gasteiger partial charge < -0.3 is 9.47 Å². The monoisotopic (exact) mass is 393 g/mol. The average Bonchev–Trinajstić information content (AvgIpc) is 2.90. The van der Waals surface area contributed by atoms with E-state index in [4.69, 9.17) is 9.47 Å². The third kappa shape index (κ3) is 4.48. The van der Waals surface area contributed by atoms with Crippen LogP contribution in [0.15, 0.2) is 42.5 Å². The van der Waals surface area contributed by atoms with Crippen molar-refractivity contribution in [3.8, 4) is 11.5 Å². The molecule has 0 aromatic heterocycles. The molecule has 2 aliphatic rings. The molecule has 2 atom stereocenters. The van der Waals surface area contributed by atoms with Gasteiger partial charge in [-0.2, -0.15) is 0 Å². The number of likely N-dealkylation sites (tertiary alicyclic amines) is 1. The fraction of sp³-hybridized carbons (Fsp3) is 0.480. The van der Waals surface area contributed by atoms with Gasteiger partial charge in [-0.1, -0.05) is 30.3 Å². The molecule has 0 amide bonds. The van der Waals surface area contributed by atoms with Crippen LogP contribution in [0.25, 0.3) is 0 Å². The largest absolute Gasteiger partial charge is 0.493 e. The fourth-order valence-electron chi connectivity index (χ4n) is 4.95. The number of rotatable bonds is 6. The van der Waals surface area contributed by atoms with E-state index in [1.807, 2.05) is 12.1 Å². The van der Waals surface area contributed by atoms with Gasteiger partial charge in [0, 0.05) is 18.0 Å². The van der Waals surface area contributed by atoms with E-state index >= 15 is 0 Å². The molecule has 154 valence electrons. The summed E-state index contributed by atoms with van der Waals surface area (Å²) in [6.07, 6.45) is 5.45. The Kier molecular flexibility index (Phi) is 6.19. The summed E-state index contributed by atoms with van der Waals surface area (Å²) in [5.74, 6) is 2.37. The Morgan fingerprint density at radius 1 is 1.00 bits per heavy atom. The second-order valence-corrected chi connectivity index (χ2v) is 8.42. The van der Waals surface area contributed by atoms with Crippen LogP contribution in [-0.2, 0) is 13.0 Å². The minimum Gasteiger partial charge on any atom is -0.493 e. The number of fused-ring (bicyclic) bond motifs is 1. The number of hydrogen-bond acceptors (Lipinski definition) is 4. The summed E-state index contributed by atoms with van der Waals surface area (Å²) in [6, 6.07) is 14.6. The van der Waals surface area contributed by atoms with Gasteiger partial charge in [0.15, 0.2) is 17.3 Å². The Morgan fingerprint density at radius 3 is 2.52 bits per heavy atom. The summed E-state index contributed by atoms with van der Waals surface area (Å²) in [4.78, 5) is 15.6. The van der Waals surface area contributed by atoms with Gasteiger partial charge in [-0.05, 0) is 74.4 Å². The van der Waals surface area contributed by atoms with Crippen LogP contribution in [0.2, 0.25) is 0 Å². The van der Waals surface area contributed by atoms with Gasteiger partial charge in [0.05, 0.1) is 14.2 Å². The maximum Gasteiger partial charge on any atom is 0.166 e. The van der Waals surface area contributed by atoms with Crippen molar-refractivity contribution in [2.75, 3.05) is 27.3 Å². The maximum atomic E-state index is 13.0. The zero-order valence-corrected chi connectivity index (χ0v) is 17.5. The normalized spacial score (nSPS) is 22.2. The second kappa shape index (κ2) is 9.00. The minimum atomic E-state index is 0.104. The fourth-order valence-corrected chi connectivity index (χ4v) is 4.95. The summed E-state index contributed by atoms with van der Waals surface area (Å²) in [7, 11) is 3.26. The van der Waals surface area contributed by atoms with E-state index in [2.05, 4.69) is 35.2 Å². The predicted molar refractivity (Wildman–Crippen MR) is 115 cm³/mol. The van der Waals surface area contributed by atoms with Gasteiger partial charge in [0.2, 0.25) is 0 Å². The molecule has 2 aromatic rings. The molecule has 29 heavy (non-hydrogen) atoms. The van der Waals surface area contributed by atoms with Crippen molar-refractivity contribution < 1.29 is 14.3 Å². The van der Waals surface area contributed by atoms with Gasteiger partial charge in [-0.15, -0.1) is 0 Å². The molecule has 1 aliphatic heterocycles. The standard InChI is InChI=1S/C25H31NO3/c1-28-23-15-20-14-21(25(27)22(20)16-24(23)29-2)13-18-9-6-11-26(12-10-18)17-19-7-4-3-5-8-19/h3-5,7-8,15-16,18,21H,6,9-14,17H2,1-2H3/t18?,21-/m1/s1. The minimum absolute atomic E-state index is 0.104. The summed E-state index contributed by atoms with van der Waals surface area (Å²) in [5.41, 5.74) is 3.32. The first kappa shape index (κ1) is 20.0. The van der Waals surface area contributed by atoms with E-state index in [1.165, 1.54) is 24.8 Å². The highest BCUT2D eigenvalue weighted by Crippen LogP contribution is 2.39. The first-order valence-electron chi connectivity index (χ1n) is 10.7. The maximum absolute atomic E-state index is 13.0. The van der Waals surface area contributed by atoms with Gasteiger partial charge in [0.25, 0.3) is 0 Å². The highest BCUT2D eigenvalue weighted by molar-refractivity contribution is 6.02. The molecule has 4 rings (SSSR count). The number of hydrogen-bond donors (Lipinski definition) is 0.